The van der Waals surface area contributed by atoms with Gasteiger partial charge in [-0.3, -0.25) is 0 Å². The summed E-state index contributed by atoms with van der Waals surface area (Å²) in [4.78, 5) is 3.92. The Kier molecular flexibility index (Phi) is 2.71. The van der Waals surface area contributed by atoms with Crippen molar-refractivity contribution >= 4 is 10.9 Å². The van der Waals surface area contributed by atoms with Gasteiger partial charge in [0.2, 0.25) is 10.9 Å². The Hall–Kier alpha value is -1.46. The lowest BCUT2D eigenvalue weighted by Crippen LogP contribution is -1.96. The van der Waals surface area contributed by atoms with Crippen LogP contribution >= 0.6 is 10.9 Å². The Morgan fingerprint density at radius 2 is 2.07 bits per heavy atom. The summed E-state index contributed by atoms with van der Waals surface area (Å²) in [6.45, 7) is 0.480. The molecule has 0 radical (unpaired) electrons. The Morgan fingerprint density at radius 3 is 2.71 bits per heavy atom. The zero-order valence-electron chi connectivity index (χ0n) is 7.46. The molecule has 0 bridgehead atoms. The van der Waals surface area contributed by atoms with Crippen LogP contribution in [0.4, 0.5) is 0 Å². The molecule has 0 amide bonds. The fourth-order valence-electron chi connectivity index (χ4n) is 1.02. The number of nitrogen functional groups attached to an aromatic ring is 1. The summed E-state index contributed by atoms with van der Waals surface area (Å²) >= 11 is 0. The highest BCUT2D eigenvalue weighted by molar-refractivity contribution is 7.24. The van der Waals surface area contributed by atoms with Crippen molar-refractivity contribution in [2.75, 3.05) is 5.14 Å². The number of hydrogen-bond acceptors (Lipinski definition) is 4. The number of nitrogens with zero attached hydrogens (tertiary/aromatic N) is 2. The second kappa shape index (κ2) is 4.17. The zero-order chi connectivity index (χ0) is 9.80. The summed E-state index contributed by atoms with van der Waals surface area (Å²) in [5.74, 6) is 0. The number of nitrogens with two attached hydrogens (primary N) is 1. The maximum atomic E-state index is 5.51. The molecule has 2 aromatic rings. The first-order valence-electron chi connectivity index (χ1n) is 4.12. The average molecular weight is 208 g/mol. The van der Waals surface area contributed by atoms with Crippen molar-refractivity contribution in [3.8, 4) is 6.01 Å². The number of benzene rings is 1. The first-order valence-corrected chi connectivity index (χ1v) is 5.42. The van der Waals surface area contributed by atoms with Crippen LogP contribution in [0.15, 0.2) is 35.8 Å². The molecule has 1 aromatic carbocycles. The fraction of sp³-hybridized carbons (Fsp3) is 0.111. The molecule has 5 heteroatoms. The lowest BCUT2D eigenvalue weighted by molar-refractivity contribution is 0.285. The van der Waals surface area contributed by atoms with Crippen molar-refractivity contribution in [1.82, 2.24) is 9.36 Å². The molecule has 1 heterocycles. The maximum Gasteiger partial charge on any atom is 0.373 e. The van der Waals surface area contributed by atoms with Gasteiger partial charge >= 0.3 is 6.01 Å². The monoisotopic (exact) mass is 208 g/mol. The second-order valence-electron chi connectivity index (χ2n) is 2.73. The van der Waals surface area contributed by atoms with Crippen LogP contribution in [-0.4, -0.2) is 9.36 Å². The number of rotatable bonds is 3. The smallest absolute Gasteiger partial charge is 0.373 e. The summed E-state index contributed by atoms with van der Waals surface area (Å²) < 4.78 is 9.32. The van der Waals surface area contributed by atoms with Crippen molar-refractivity contribution in [2.24, 2.45) is 0 Å². The van der Waals surface area contributed by atoms with E-state index in [1.54, 1.807) is 5.51 Å². The molecular formula is C9H10N3OS+. The molecule has 0 saturated heterocycles. The Balaban J connectivity index is 1.95. The molecule has 14 heavy (non-hydrogen) atoms. The standard InChI is InChI=1S/C9H9N3OS/c10-14-7-11-9(12-14)13-6-8-4-2-1-3-5-8/h1-5,7,10H,6H2/p+1. The fourth-order valence-corrected chi connectivity index (χ4v) is 1.55. The molecule has 0 spiro atoms. The van der Waals surface area contributed by atoms with E-state index in [-0.39, 0.29) is 0 Å². The van der Waals surface area contributed by atoms with Gasteiger partial charge in [-0.25, -0.2) is 0 Å². The van der Waals surface area contributed by atoms with Crippen molar-refractivity contribution in [3.63, 3.8) is 0 Å². The van der Waals surface area contributed by atoms with E-state index in [1.807, 2.05) is 30.3 Å². The Morgan fingerprint density at radius 1 is 1.29 bits per heavy atom. The molecule has 0 aliphatic heterocycles. The normalized spacial score (nSPS) is 11.4. The number of hydrogen-bond donors (Lipinski definition) is 1. The minimum atomic E-state index is -0.589. The highest BCUT2D eigenvalue weighted by Crippen LogP contribution is 2.11. The topological polar surface area (TPSA) is 61.0 Å². The van der Waals surface area contributed by atoms with Crippen LogP contribution in [0, 0.1) is 0 Å². The van der Waals surface area contributed by atoms with Crippen LogP contribution in [0.1, 0.15) is 5.56 Å². The predicted molar refractivity (Wildman–Crippen MR) is 55.4 cm³/mol. The summed E-state index contributed by atoms with van der Waals surface area (Å²) in [7, 11) is -0.589. The first kappa shape index (κ1) is 9.11. The molecule has 72 valence electrons. The molecule has 0 aliphatic carbocycles. The maximum absolute atomic E-state index is 5.51. The van der Waals surface area contributed by atoms with Gasteiger partial charge < -0.3 is 4.74 Å². The van der Waals surface area contributed by atoms with Crippen LogP contribution in [0.2, 0.25) is 0 Å². The highest BCUT2D eigenvalue weighted by atomic mass is 32.2. The van der Waals surface area contributed by atoms with Gasteiger partial charge in [-0.1, -0.05) is 30.3 Å². The van der Waals surface area contributed by atoms with E-state index >= 15 is 0 Å². The van der Waals surface area contributed by atoms with Gasteiger partial charge in [0.25, 0.3) is 5.51 Å². The molecule has 4 nitrogen and oxygen atoms in total. The van der Waals surface area contributed by atoms with Crippen molar-refractivity contribution in [1.29, 1.82) is 0 Å². The minimum absolute atomic E-state index is 0.375. The van der Waals surface area contributed by atoms with E-state index in [2.05, 4.69) is 9.36 Å². The van der Waals surface area contributed by atoms with Crippen LogP contribution < -0.4 is 9.88 Å². The molecule has 2 rings (SSSR count). The third kappa shape index (κ3) is 2.27. The third-order valence-electron chi connectivity index (χ3n) is 1.67. The molecule has 2 N–H and O–H groups in total. The van der Waals surface area contributed by atoms with Crippen molar-refractivity contribution in [2.45, 2.75) is 6.61 Å². The predicted octanol–water partition coefficient (Wildman–Crippen LogP) is 1.52. The Labute approximate surface area is 84.6 Å². The molecule has 1 unspecified atom stereocenters. The van der Waals surface area contributed by atoms with Crippen molar-refractivity contribution < 1.29 is 4.74 Å². The molecule has 0 aliphatic rings. The van der Waals surface area contributed by atoms with E-state index < -0.39 is 10.9 Å². The van der Waals surface area contributed by atoms with Crippen LogP contribution in [0.3, 0.4) is 0 Å². The van der Waals surface area contributed by atoms with E-state index in [0.29, 0.717) is 12.6 Å². The van der Waals surface area contributed by atoms with Crippen LogP contribution in [0.25, 0.3) is 0 Å². The Bertz CT molecular complexity index is 401. The number of ether oxygens (including phenoxy) is 1. The van der Waals surface area contributed by atoms with Crippen molar-refractivity contribution in [3.05, 3.63) is 41.4 Å². The molecule has 1 aromatic heterocycles. The SMILES string of the molecule is N[s+]1cnc(OCc2ccccc2)n1. The summed E-state index contributed by atoms with van der Waals surface area (Å²) in [6.07, 6.45) is 0. The van der Waals surface area contributed by atoms with Gasteiger partial charge in [-0.05, 0) is 5.56 Å². The van der Waals surface area contributed by atoms with Crippen LogP contribution in [0.5, 0.6) is 6.01 Å². The van der Waals surface area contributed by atoms with Gasteiger partial charge in [-0.2, -0.15) is 0 Å². The lowest BCUT2D eigenvalue weighted by atomic mass is 10.2. The average Bonchev–Trinajstić information content (AvgIpc) is 2.63. The van der Waals surface area contributed by atoms with Gasteiger partial charge in [0.05, 0.1) is 0 Å². The lowest BCUT2D eigenvalue weighted by Gasteiger charge is -1.99. The van der Waals surface area contributed by atoms with Gasteiger partial charge in [0.15, 0.2) is 0 Å². The summed E-state index contributed by atoms with van der Waals surface area (Å²) in [5, 5.41) is 5.51. The molecule has 0 fully saturated rings. The minimum Gasteiger partial charge on any atom is -0.455 e. The van der Waals surface area contributed by atoms with Gasteiger partial charge in [0.1, 0.15) is 6.61 Å². The van der Waals surface area contributed by atoms with E-state index in [1.165, 1.54) is 0 Å². The molecular weight excluding hydrogens is 198 g/mol. The first-order chi connectivity index (χ1) is 6.84. The summed E-state index contributed by atoms with van der Waals surface area (Å²) in [5.41, 5.74) is 2.68. The van der Waals surface area contributed by atoms with E-state index in [0.717, 1.165) is 5.56 Å². The quantitative estimate of drug-likeness (QED) is 0.777. The number of aromatic nitrogens is 2. The molecule has 1 atom stereocenters. The van der Waals surface area contributed by atoms with E-state index in [9.17, 15) is 0 Å². The summed E-state index contributed by atoms with van der Waals surface area (Å²) in [6, 6.07) is 10.2. The highest BCUT2D eigenvalue weighted by Gasteiger charge is 2.07. The van der Waals surface area contributed by atoms with E-state index in [4.69, 9.17) is 9.88 Å². The van der Waals surface area contributed by atoms with Gasteiger partial charge in [-0.15, -0.1) is 10.1 Å². The molecule has 0 saturated carbocycles. The zero-order valence-corrected chi connectivity index (χ0v) is 8.28. The van der Waals surface area contributed by atoms with Gasteiger partial charge in [0, 0.05) is 4.37 Å². The third-order valence-corrected chi connectivity index (χ3v) is 2.35. The second-order valence-corrected chi connectivity index (χ2v) is 3.82. The largest absolute Gasteiger partial charge is 0.455 e. The van der Waals surface area contributed by atoms with Crippen LogP contribution in [-0.2, 0) is 6.61 Å².